The summed E-state index contributed by atoms with van der Waals surface area (Å²) in [6, 6.07) is 55.3. The highest BCUT2D eigenvalue weighted by Crippen LogP contribution is 2.46. The lowest BCUT2D eigenvalue weighted by atomic mass is 9.94. The predicted octanol–water partition coefficient (Wildman–Crippen LogP) is 10.8. The van der Waals surface area contributed by atoms with Crippen molar-refractivity contribution in [3.63, 3.8) is 0 Å². The maximum absolute atomic E-state index is 6.42. The first-order valence-electron chi connectivity index (χ1n) is 16.8. The van der Waals surface area contributed by atoms with E-state index >= 15 is 0 Å². The Morgan fingerprint density at radius 3 is 1.90 bits per heavy atom. The van der Waals surface area contributed by atoms with Crippen molar-refractivity contribution in [2.75, 3.05) is 0 Å². The molecule has 2 heterocycles. The molecule has 0 aliphatic rings. The molecule has 4 nitrogen and oxygen atoms in total. The minimum atomic E-state index is 0.0913. The number of fused-ring (bicyclic) bond motifs is 3. The fourth-order valence-corrected chi connectivity index (χ4v) is 7.62. The molecule has 0 saturated heterocycles. The SMILES string of the molecule is NC(Cc1ccccc1)c1ccccc1.NCc1ccc2c(c1)c1cccc3c1c1c4c(ccc1n3-c1ccccc1)oc1cccc2c14. The largest absolute Gasteiger partial charge is 0.456 e. The Morgan fingerprint density at radius 2 is 1.14 bits per heavy atom. The molecule has 2 aromatic heterocycles. The van der Waals surface area contributed by atoms with E-state index in [0.717, 1.165) is 28.8 Å². The van der Waals surface area contributed by atoms with E-state index in [1.165, 1.54) is 65.3 Å². The van der Waals surface area contributed by atoms with Gasteiger partial charge >= 0.3 is 0 Å². The first-order valence-corrected chi connectivity index (χ1v) is 16.8. The maximum Gasteiger partial charge on any atom is 0.136 e. The average molecular weight is 634 g/mol. The van der Waals surface area contributed by atoms with Crippen LogP contribution in [0.15, 0.2) is 162 Å². The van der Waals surface area contributed by atoms with Crippen LogP contribution in [0.25, 0.3) is 71.0 Å². The van der Waals surface area contributed by atoms with Crippen LogP contribution in [0.4, 0.5) is 0 Å². The van der Waals surface area contributed by atoms with Crippen molar-refractivity contribution >= 4 is 65.3 Å². The van der Waals surface area contributed by atoms with Gasteiger partial charge in [0.15, 0.2) is 0 Å². The van der Waals surface area contributed by atoms with Gasteiger partial charge in [-0.15, -0.1) is 0 Å². The highest BCUT2D eigenvalue weighted by atomic mass is 16.3. The predicted molar refractivity (Wildman–Crippen MR) is 206 cm³/mol. The smallest absolute Gasteiger partial charge is 0.136 e. The van der Waals surface area contributed by atoms with E-state index < -0.39 is 0 Å². The fraction of sp³-hybridized carbons (Fsp3) is 0.0667. The van der Waals surface area contributed by atoms with Crippen molar-refractivity contribution < 1.29 is 4.42 Å². The molecule has 10 aromatic rings. The molecule has 0 fully saturated rings. The molecule has 8 aromatic carbocycles. The van der Waals surface area contributed by atoms with Crippen molar-refractivity contribution in [2.45, 2.75) is 19.0 Å². The van der Waals surface area contributed by atoms with Crippen LogP contribution in [0, 0.1) is 0 Å². The molecule has 0 saturated carbocycles. The van der Waals surface area contributed by atoms with Crippen molar-refractivity contribution in [1.29, 1.82) is 0 Å². The van der Waals surface area contributed by atoms with Crippen LogP contribution in [-0.4, -0.2) is 4.57 Å². The molecule has 0 amide bonds. The van der Waals surface area contributed by atoms with E-state index in [9.17, 15) is 0 Å². The first kappa shape index (κ1) is 29.2. The van der Waals surface area contributed by atoms with Gasteiger partial charge in [-0.05, 0) is 87.1 Å². The van der Waals surface area contributed by atoms with E-state index in [1.54, 1.807) is 0 Å². The van der Waals surface area contributed by atoms with E-state index in [0.29, 0.717) is 6.54 Å². The Labute approximate surface area is 284 Å². The van der Waals surface area contributed by atoms with Crippen molar-refractivity contribution in [2.24, 2.45) is 11.5 Å². The van der Waals surface area contributed by atoms with Crippen molar-refractivity contribution in [3.8, 4) is 5.69 Å². The number of benzene rings is 7. The van der Waals surface area contributed by atoms with Gasteiger partial charge in [0.05, 0.1) is 11.0 Å². The summed E-state index contributed by atoms with van der Waals surface area (Å²) in [6.07, 6.45) is 0.894. The third-order valence-electron chi connectivity index (χ3n) is 9.86. The van der Waals surface area contributed by atoms with Crippen LogP contribution in [0.5, 0.6) is 0 Å². The zero-order valence-corrected chi connectivity index (χ0v) is 27.0. The molecule has 0 radical (unpaired) electrons. The molecule has 0 aliphatic heterocycles. The van der Waals surface area contributed by atoms with Crippen molar-refractivity contribution in [3.05, 3.63) is 174 Å². The standard InChI is InChI=1S/C31H20N2O.C14H15N/c32-17-18-12-13-20-21-9-5-11-26-29(21)31-27(34-26)15-14-25-30(31)28-22(23(20)16-18)8-4-10-24(28)33(25)19-6-2-1-3-7-19;15-14(13-9-5-2-6-10-13)11-12-7-3-1-4-8-12/h1-16H,17,32H2;1-10,14H,11,15H2. The molecular formula is C45H35N3O. The second kappa shape index (κ2) is 11.9. The number of hydrogen-bond acceptors (Lipinski definition) is 3. The number of nitrogens with zero attached hydrogens (tertiary/aromatic N) is 1. The van der Waals surface area contributed by atoms with Gasteiger partial charge < -0.3 is 20.5 Å². The molecule has 0 bridgehead atoms. The van der Waals surface area contributed by atoms with E-state index in [4.69, 9.17) is 15.9 Å². The van der Waals surface area contributed by atoms with Crippen LogP contribution >= 0.6 is 0 Å². The van der Waals surface area contributed by atoms with Crippen LogP contribution in [0.2, 0.25) is 0 Å². The Morgan fingerprint density at radius 1 is 0.490 bits per heavy atom. The lowest BCUT2D eigenvalue weighted by molar-refractivity contribution is 0.669. The molecule has 4 heteroatoms. The fourth-order valence-electron chi connectivity index (χ4n) is 7.62. The highest BCUT2D eigenvalue weighted by Gasteiger charge is 2.22. The molecule has 0 spiro atoms. The van der Waals surface area contributed by atoms with Gasteiger partial charge in [-0.2, -0.15) is 0 Å². The third kappa shape index (κ3) is 4.84. The lowest BCUT2D eigenvalue weighted by Gasteiger charge is -2.11. The first-order chi connectivity index (χ1) is 24.2. The van der Waals surface area contributed by atoms with E-state index in [1.807, 2.05) is 36.4 Å². The normalized spacial score (nSPS) is 12.4. The summed E-state index contributed by atoms with van der Waals surface area (Å²) in [5.41, 5.74) is 21.2. The summed E-state index contributed by atoms with van der Waals surface area (Å²) in [5, 5.41) is 9.78. The van der Waals surface area contributed by atoms with Gasteiger partial charge in [-0.25, -0.2) is 0 Å². The quantitative estimate of drug-likeness (QED) is 0.198. The van der Waals surface area contributed by atoms with Gasteiger partial charge in [0.2, 0.25) is 0 Å². The number of aromatic nitrogens is 1. The molecule has 1 unspecified atom stereocenters. The van der Waals surface area contributed by atoms with Gasteiger partial charge in [-0.1, -0.05) is 115 Å². The van der Waals surface area contributed by atoms with Crippen LogP contribution < -0.4 is 11.5 Å². The molecule has 4 N–H and O–H groups in total. The number of nitrogens with two attached hydrogens (primary N) is 2. The Balaban J connectivity index is 0.000000183. The molecule has 49 heavy (non-hydrogen) atoms. The zero-order chi connectivity index (χ0) is 32.9. The van der Waals surface area contributed by atoms with E-state index in [2.05, 4.69) is 126 Å². The second-order valence-corrected chi connectivity index (χ2v) is 12.8. The number of rotatable bonds is 5. The lowest BCUT2D eigenvalue weighted by Crippen LogP contribution is -2.12. The summed E-state index contributed by atoms with van der Waals surface area (Å²) in [7, 11) is 0. The monoisotopic (exact) mass is 633 g/mol. The van der Waals surface area contributed by atoms with E-state index in [-0.39, 0.29) is 6.04 Å². The number of hydrogen-bond donors (Lipinski definition) is 2. The minimum absolute atomic E-state index is 0.0913. The molecule has 0 aliphatic carbocycles. The van der Waals surface area contributed by atoms with Gasteiger partial charge in [0.25, 0.3) is 0 Å². The summed E-state index contributed by atoms with van der Waals surface area (Å²) in [5.74, 6) is 0. The third-order valence-corrected chi connectivity index (χ3v) is 9.86. The zero-order valence-electron chi connectivity index (χ0n) is 27.0. The van der Waals surface area contributed by atoms with Crippen LogP contribution in [0.3, 0.4) is 0 Å². The van der Waals surface area contributed by atoms with Crippen LogP contribution in [0.1, 0.15) is 22.7 Å². The average Bonchev–Trinajstić information content (AvgIpc) is 3.71. The van der Waals surface area contributed by atoms with Gasteiger partial charge in [-0.3, -0.25) is 0 Å². The molecular weight excluding hydrogens is 599 g/mol. The maximum atomic E-state index is 6.42. The number of furan rings is 1. The van der Waals surface area contributed by atoms with Gasteiger partial charge in [0.1, 0.15) is 11.2 Å². The summed E-state index contributed by atoms with van der Waals surface area (Å²) >= 11 is 0. The Hall–Kier alpha value is -5.94. The topological polar surface area (TPSA) is 70.1 Å². The number of para-hydroxylation sites is 1. The highest BCUT2D eigenvalue weighted by molar-refractivity contribution is 6.38. The summed E-state index contributed by atoms with van der Waals surface area (Å²) < 4.78 is 8.80. The molecule has 236 valence electrons. The Kier molecular flexibility index (Phi) is 7.12. The molecule has 10 rings (SSSR count). The van der Waals surface area contributed by atoms with Crippen LogP contribution in [-0.2, 0) is 13.0 Å². The van der Waals surface area contributed by atoms with Gasteiger partial charge in [0, 0.05) is 39.8 Å². The van der Waals surface area contributed by atoms with Crippen molar-refractivity contribution in [1.82, 2.24) is 4.57 Å². The second-order valence-electron chi connectivity index (χ2n) is 12.8. The summed E-state index contributed by atoms with van der Waals surface area (Å²) in [6.45, 7) is 0.514. The minimum Gasteiger partial charge on any atom is -0.456 e. The molecule has 1 atom stereocenters. The summed E-state index contributed by atoms with van der Waals surface area (Å²) in [4.78, 5) is 0. The Bertz CT molecular complexity index is 2730.